The van der Waals surface area contributed by atoms with Gasteiger partial charge in [-0.15, -0.1) is 0 Å². The van der Waals surface area contributed by atoms with E-state index < -0.39 is 17.4 Å². The van der Waals surface area contributed by atoms with E-state index in [9.17, 15) is 9.59 Å². The molecule has 0 bridgehead atoms. The molecule has 3 aromatic carbocycles. The highest BCUT2D eigenvalue weighted by atomic mass is 16.2. The summed E-state index contributed by atoms with van der Waals surface area (Å²) in [7, 11) is 0. The Hall–Kier alpha value is -3.91. The van der Waals surface area contributed by atoms with Crippen LogP contribution >= 0.6 is 0 Å². The zero-order valence-corrected chi connectivity index (χ0v) is 16.7. The van der Waals surface area contributed by atoms with E-state index in [0.29, 0.717) is 5.56 Å². The molecule has 150 valence electrons. The largest absolute Gasteiger partial charge is 0.368 e. The highest BCUT2D eigenvalue weighted by Crippen LogP contribution is 2.32. The summed E-state index contributed by atoms with van der Waals surface area (Å²) in [5.74, 6) is -0.950. The third-order valence-corrected chi connectivity index (χ3v) is 5.30. The number of nitrogens with one attached hydrogen (secondary N) is 1. The highest BCUT2D eigenvalue weighted by molar-refractivity contribution is 5.95. The summed E-state index contributed by atoms with van der Waals surface area (Å²) in [6, 6.07) is 26.9. The third-order valence-electron chi connectivity index (χ3n) is 5.30. The molecule has 0 heterocycles. The summed E-state index contributed by atoms with van der Waals surface area (Å²) in [6.45, 7) is 1.83. The molecule has 0 saturated carbocycles. The number of carbonyl (C=O) groups is 2. The van der Waals surface area contributed by atoms with Gasteiger partial charge in [0.1, 0.15) is 6.04 Å². The Balaban J connectivity index is 1.93. The van der Waals surface area contributed by atoms with Crippen molar-refractivity contribution in [1.29, 1.82) is 5.26 Å². The smallest absolute Gasteiger partial charge is 0.240 e. The van der Waals surface area contributed by atoms with Crippen LogP contribution in [0.3, 0.4) is 0 Å². The second kappa shape index (κ2) is 9.06. The van der Waals surface area contributed by atoms with Crippen LogP contribution in [0.4, 0.5) is 0 Å². The zero-order chi connectivity index (χ0) is 21.6. The van der Waals surface area contributed by atoms with E-state index in [4.69, 9.17) is 11.0 Å². The van der Waals surface area contributed by atoms with Crippen molar-refractivity contribution >= 4 is 11.8 Å². The predicted octanol–water partition coefficient (Wildman–Crippen LogP) is 3.08. The van der Waals surface area contributed by atoms with Gasteiger partial charge >= 0.3 is 0 Å². The van der Waals surface area contributed by atoms with Gasteiger partial charge in [0.15, 0.2) is 0 Å². The van der Waals surface area contributed by atoms with Gasteiger partial charge in [0.05, 0.1) is 17.0 Å². The van der Waals surface area contributed by atoms with Crippen LogP contribution in [0.2, 0.25) is 0 Å². The lowest BCUT2D eigenvalue weighted by atomic mass is 9.75. The Morgan fingerprint density at radius 2 is 1.53 bits per heavy atom. The first-order valence-electron chi connectivity index (χ1n) is 9.65. The average Bonchev–Trinajstić information content (AvgIpc) is 2.79. The molecule has 1 atom stereocenters. The fourth-order valence-corrected chi connectivity index (χ4v) is 3.50. The zero-order valence-electron chi connectivity index (χ0n) is 16.7. The lowest BCUT2D eigenvalue weighted by molar-refractivity contribution is -0.129. The molecule has 0 aliphatic carbocycles. The molecule has 30 heavy (non-hydrogen) atoms. The maximum atomic E-state index is 13.5. The fourth-order valence-electron chi connectivity index (χ4n) is 3.50. The number of hydrogen-bond donors (Lipinski definition) is 2. The number of nitrogens with zero attached hydrogens (tertiary/aromatic N) is 1. The number of benzene rings is 3. The molecular formula is C25H23N3O2. The number of rotatable bonds is 7. The van der Waals surface area contributed by atoms with E-state index in [1.807, 2.05) is 67.6 Å². The number of primary amides is 1. The third kappa shape index (κ3) is 4.39. The van der Waals surface area contributed by atoms with Crippen molar-refractivity contribution in [3.63, 3.8) is 0 Å². The molecular weight excluding hydrogens is 374 g/mol. The summed E-state index contributed by atoms with van der Waals surface area (Å²) in [5, 5.41) is 11.9. The van der Waals surface area contributed by atoms with Gasteiger partial charge in [-0.1, -0.05) is 72.8 Å². The van der Waals surface area contributed by atoms with Crippen molar-refractivity contribution in [3.05, 3.63) is 107 Å². The maximum Gasteiger partial charge on any atom is 0.240 e. The molecule has 0 unspecified atom stereocenters. The first-order chi connectivity index (χ1) is 14.4. The molecule has 3 aromatic rings. The quantitative estimate of drug-likeness (QED) is 0.641. The van der Waals surface area contributed by atoms with Crippen LogP contribution in [0.5, 0.6) is 0 Å². The summed E-state index contributed by atoms with van der Waals surface area (Å²) in [6.07, 6.45) is 0.205. The van der Waals surface area contributed by atoms with E-state index in [1.165, 1.54) is 0 Å². The second-order valence-electron chi connectivity index (χ2n) is 7.30. The van der Waals surface area contributed by atoms with E-state index in [2.05, 4.69) is 11.4 Å². The Labute approximate surface area is 176 Å². The molecule has 0 saturated heterocycles. The summed E-state index contributed by atoms with van der Waals surface area (Å²) in [5.41, 5.74) is 7.45. The first kappa shape index (κ1) is 20.8. The van der Waals surface area contributed by atoms with Gasteiger partial charge in [-0.25, -0.2) is 0 Å². The Morgan fingerprint density at radius 1 is 0.967 bits per heavy atom. The molecule has 0 fully saturated rings. The average molecular weight is 397 g/mol. The second-order valence-corrected chi connectivity index (χ2v) is 7.30. The predicted molar refractivity (Wildman–Crippen MR) is 115 cm³/mol. The first-order valence-corrected chi connectivity index (χ1v) is 9.65. The monoisotopic (exact) mass is 397 g/mol. The van der Waals surface area contributed by atoms with Crippen LogP contribution < -0.4 is 11.1 Å². The summed E-state index contributed by atoms with van der Waals surface area (Å²) >= 11 is 0. The van der Waals surface area contributed by atoms with Crippen molar-refractivity contribution in [2.24, 2.45) is 5.73 Å². The topological polar surface area (TPSA) is 96.0 Å². The van der Waals surface area contributed by atoms with Gasteiger partial charge in [0, 0.05) is 6.42 Å². The minimum Gasteiger partial charge on any atom is -0.368 e. The molecule has 0 radical (unpaired) electrons. The molecule has 5 heteroatoms. The Kier molecular flexibility index (Phi) is 6.29. The van der Waals surface area contributed by atoms with Gasteiger partial charge in [-0.2, -0.15) is 5.26 Å². The van der Waals surface area contributed by atoms with E-state index >= 15 is 0 Å². The minimum absolute atomic E-state index is 0.205. The number of hydrogen-bond acceptors (Lipinski definition) is 3. The Bertz CT molecular complexity index is 1030. The standard InChI is InChI=1S/C25H23N3O2/c1-25(20-11-4-2-5-12-20,21-13-6-3-7-14-21)24(30)28-22(23(27)29)16-18-9-8-10-19(15-18)17-26/h2-15,22H,16H2,1H3,(H2,27,29)(H,28,30)/t22-/m0/s1. The number of nitriles is 1. The number of carbonyl (C=O) groups excluding carboxylic acids is 2. The van der Waals surface area contributed by atoms with E-state index in [1.54, 1.807) is 24.3 Å². The number of amides is 2. The molecule has 0 aromatic heterocycles. The minimum atomic E-state index is -1.01. The molecule has 0 aliphatic heterocycles. The van der Waals surface area contributed by atoms with E-state index in [0.717, 1.165) is 16.7 Å². The molecule has 0 spiro atoms. The summed E-state index contributed by atoms with van der Waals surface area (Å²) in [4.78, 5) is 25.7. The molecule has 2 amide bonds. The van der Waals surface area contributed by atoms with Gasteiger partial charge in [0.2, 0.25) is 11.8 Å². The van der Waals surface area contributed by atoms with Crippen molar-refractivity contribution in [3.8, 4) is 6.07 Å². The maximum absolute atomic E-state index is 13.5. The normalized spacial score (nSPS) is 11.9. The molecule has 0 aliphatic rings. The van der Waals surface area contributed by atoms with Crippen LogP contribution in [0.25, 0.3) is 0 Å². The lowest BCUT2D eigenvalue weighted by Gasteiger charge is -2.31. The van der Waals surface area contributed by atoms with Crippen LogP contribution in [-0.4, -0.2) is 17.9 Å². The summed E-state index contributed by atoms with van der Waals surface area (Å²) < 4.78 is 0. The number of nitrogens with two attached hydrogens (primary N) is 1. The van der Waals surface area contributed by atoms with Crippen LogP contribution in [-0.2, 0) is 21.4 Å². The van der Waals surface area contributed by atoms with Crippen molar-refractivity contribution in [1.82, 2.24) is 5.32 Å². The van der Waals surface area contributed by atoms with Gasteiger partial charge in [0.25, 0.3) is 0 Å². The van der Waals surface area contributed by atoms with Crippen molar-refractivity contribution < 1.29 is 9.59 Å². The molecule has 3 rings (SSSR count). The highest BCUT2D eigenvalue weighted by Gasteiger charge is 2.38. The van der Waals surface area contributed by atoms with Crippen LogP contribution in [0, 0.1) is 11.3 Å². The van der Waals surface area contributed by atoms with Gasteiger partial charge < -0.3 is 11.1 Å². The lowest BCUT2D eigenvalue weighted by Crippen LogP contribution is -2.52. The Morgan fingerprint density at radius 3 is 2.03 bits per heavy atom. The van der Waals surface area contributed by atoms with Crippen LogP contribution in [0.15, 0.2) is 84.9 Å². The molecule has 3 N–H and O–H groups in total. The van der Waals surface area contributed by atoms with Crippen molar-refractivity contribution in [2.75, 3.05) is 0 Å². The van der Waals surface area contributed by atoms with Gasteiger partial charge in [-0.05, 0) is 35.7 Å². The molecule has 5 nitrogen and oxygen atoms in total. The van der Waals surface area contributed by atoms with Gasteiger partial charge in [-0.3, -0.25) is 9.59 Å². The van der Waals surface area contributed by atoms with E-state index in [-0.39, 0.29) is 12.3 Å². The SMILES string of the molecule is CC(C(=O)N[C@@H](Cc1cccc(C#N)c1)C(N)=O)(c1ccccc1)c1ccccc1. The fraction of sp³-hybridized carbons (Fsp3) is 0.160. The van der Waals surface area contributed by atoms with Crippen molar-refractivity contribution in [2.45, 2.75) is 24.8 Å². The van der Waals surface area contributed by atoms with Crippen LogP contribution in [0.1, 0.15) is 29.2 Å².